The third-order valence-corrected chi connectivity index (χ3v) is 1.95. The van der Waals surface area contributed by atoms with Crippen molar-refractivity contribution < 1.29 is 5.11 Å². The van der Waals surface area contributed by atoms with E-state index in [0.717, 1.165) is 25.9 Å². The molecule has 1 saturated heterocycles. The monoisotopic (exact) mass is 156 g/mol. The van der Waals surface area contributed by atoms with Gasteiger partial charge in [-0.05, 0) is 19.4 Å². The van der Waals surface area contributed by atoms with Gasteiger partial charge in [-0.2, -0.15) is 0 Å². The van der Waals surface area contributed by atoms with E-state index in [-0.39, 0.29) is 11.8 Å². The maximum atomic E-state index is 8.91. The molecular formula is C8H16N2O. The van der Waals surface area contributed by atoms with Crippen LogP contribution in [0.1, 0.15) is 12.8 Å². The SMILES string of the molecule is C=C(O)CN1CCC[C@@H](N)C1. The van der Waals surface area contributed by atoms with E-state index in [0.29, 0.717) is 6.54 Å². The lowest BCUT2D eigenvalue weighted by Crippen LogP contribution is -2.43. The second-order valence-corrected chi connectivity index (χ2v) is 3.20. The van der Waals surface area contributed by atoms with Crippen LogP contribution in [0.3, 0.4) is 0 Å². The Morgan fingerprint density at radius 1 is 1.73 bits per heavy atom. The van der Waals surface area contributed by atoms with E-state index in [1.54, 1.807) is 0 Å². The summed E-state index contributed by atoms with van der Waals surface area (Å²) in [5, 5.41) is 8.91. The van der Waals surface area contributed by atoms with Gasteiger partial charge < -0.3 is 10.8 Å². The number of hydrogen-bond donors (Lipinski definition) is 2. The number of hydrogen-bond acceptors (Lipinski definition) is 3. The fourth-order valence-corrected chi connectivity index (χ4v) is 1.49. The van der Waals surface area contributed by atoms with Crippen LogP contribution in [0.5, 0.6) is 0 Å². The lowest BCUT2D eigenvalue weighted by Gasteiger charge is -2.29. The molecule has 0 bridgehead atoms. The highest BCUT2D eigenvalue weighted by molar-refractivity contribution is 4.86. The Kier molecular flexibility index (Phi) is 2.91. The molecule has 0 aromatic rings. The average Bonchev–Trinajstić information content (AvgIpc) is 1.85. The van der Waals surface area contributed by atoms with Crippen LogP contribution in [-0.2, 0) is 0 Å². The number of nitrogens with zero attached hydrogens (tertiary/aromatic N) is 1. The zero-order valence-electron chi connectivity index (χ0n) is 6.79. The molecule has 0 radical (unpaired) electrons. The smallest absolute Gasteiger partial charge is 0.0991 e. The molecule has 0 spiro atoms. The van der Waals surface area contributed by atoms with E-state index in [2.05, 4.69) is 11.5 Å². The highest BCUT2D eigenvalue weighted by Crippen LogP contribution is 2.08. The van der Waals surface area contributed by atoms with Crippen molar-refractivity contribution in [3.05, 3.63) is 12.3 Å². The van der Waals surface area contributed by atoms with Gasteiger partial charge in [0.25, 0.3) is 0 Å². The summed E-state index contributed by atoms with van der Waals surface area (Å²) in [7, 11) is 0. The number of piperidine rings is 1. The minimum atomic E-state index is 0.235. The van der Waals surface area contributed by atoms with Crippen molar-refractivity contribution in [2.45, 2.75) is 18.9 Å². The topological polar surface area (TPSA) is 49.5 Å². The molecule has 0 aromatic heterocycles. The second-order valence-electron chi connectivity index (χ2n) is 3.20. The van der Waals surface area contributed by atoms with Gasteiger partial charge in [-0.15, -0.1) is 0 Å². The maximum Gasteiger partial charge on any atom is 0.0991 e. The molecule has 0 unspecified atom stereocenters. The molecule has 1 atom stereocenters. The molecule has 3 nitrogen and oxygen atoms in total. The molecular weight excluding hydrogens is 140 g/mol. The first-order valence-corrected chi connectivity index (χ1v) is 4.03. The molecule has 11 heavy (non-hydrogen) atoms. The fraction of sp³-hybridized carbons (Fsp3) is 0.750. The van der Waals surface area contributed by atoms with Gasteiger partial charge in [0, 0.05) is 12.6 Å². The van der Waals surface area contributed by atoms with Crippen LogP contribution in [0.4, 0.5) is 0 Å². The Morgan fingerprint density at radius 3 is 3.00 bits per heavy atom. The van der Waals surface area contributed by atoms with Crippen LogP contribution in [0.25, 0.3) is 0 Å². The van der Waals surface area contributed by atoms with E-state index < -0.39 is 0 Å². The van der Waals surface area contributed by atoms with E-state index in [9.17, 15) is 0 Å². The second kappa shape index (κ2) is 3.74. The Balaban J connectivity index is 2.28. The van der Waals surface area contributed by atoms with Gasteiger partial charge in [-0.3, -0.25) is 4.90 Å². The van der Waals surface area contributed by atoms with Crippen LogP contribution in [0, 0.1) is 0 Å². The van der Waals surface area contributed by atoms with Gasteiger partial charge in [-0.1, -0.05) is 6.58 Å². The third kappa shape index (κ3) is 2.91. The van der Waals surface area contributed by atoms with Crippen molar-refractivity contribution in [3.63, 3.8) is 0 Å². The lowest BCUT2D eigenvalue weighted by atomic mass is 10.1. The largest absolute Gasteiger partial charge is 0.512 e. The zero-order valence-corrected chi connectivity index (χ0v) is 6.79. The van der Waals surface area contributed by atoms with Gasteiger partial charge in [-0.25, -0.2) is 0 Å². The first kappa shape index (κ1) is 8.56. The molecule has 0 aromatic carbocycles. The van der Waals surface area contributed by atoms with Crippen LogP contribution in [0.15, 0.2) is 12.3 Å². The summed E-state index contributed by atoms with van der Waals surface area (Å²) in [5.74, 6) is 0.235. The molecule has 3 N–H and O–H groups in total. The van der Waals surface area contributed by atoms with Gasteiger partial charge in [0.15, 0.2) is 0 Å². The minimum Gasteiger partial charge on any atom is -0.512 e. The highest BCUT2D eigenvalue weighted by Gasteiger charge is 2.16. The molecule has 0 saturated carbocycles. The molecule has 1 aliphatic heterocycles. The molecule has 1 fully saturated rings. The van der Waals surface area contributed by atoms with Gasteiger partial charge in [0.1, 0.15) is 0 Å². The standard InChI is InChI=1S/C8H16N2O/c1-7(11)5-10-4-2-3-8(9)6-10/h8,11H,1-6,9H2/t8-/m1/s1. The highest BCUT2D eigenvalue weighted by atomic mass is 16.3. The summed E-state index contributed by atoms with van der Waals surface area (Å²) in [6.45, 7) is 5.95. The number of aliphatic hydroxyl groups excluding tert-OH is 1. The molecule has 1 heterocycles. The van der Waals surface area contributed by atoms with Crippen molar-refractivity contribution in [2.75, 3.05) is 19.6 Å². The number of aliphatic hydroxyl groups is 1. The summed E-state index contributed by atoms with van der Waals surface area (Å²) in [6.07, 6.45) is 2.24. The van der Waals surface area contributed by atoms with E-state index in [4.69, 9.17) is 10.8 Å². The Labute approximate surface area is 67.5 Å². The normalized spacial score (nSPS) is 26.8. The van der Waals surface area contributed by atoms with Crippen LogP contribution in [0.2, 0.25) is 0 Å². The Bertz CT molecular complexity index is 147. The van der Waals surface area contributed by atoms with Gasteiger partial charge >= 0.3 is 0 Å². The van der Waals surface area contributed by atoms with Crippen molar-refractivity contribution in [1.82, 2.24) is 4.90 Å². The Morgan fingerprint density at radius 2 is 2.45 bits per heavy atom. The van der Waals surface area contributed by atoms with Crippen molar-refractivity contribution in [1.29, 1.82) is 0 Å². The summed E-state index contributed by atoms with van der Waals surface area (Å²) in [5.41, 5.74) is 5.75. The van der Waals surface area contributed by atoms with Crippen LogP contribution < -0.4 is 5.73 Å². The molecule has 0 amide bonds. The van der Waals surface area contributed by atoms with E-state index in [1.807, 2.05) is 0 Å². The number of rotatable bonds is 2. The van der Waals surface area contributed by atoms with Crippen molar-refractivity contribution >= 4 is 0 Å². The zero-order chi connectivity index (χ0) is 8.27. The fourth-order valence-electron chi connectivity index (χ4n) is 1.49. The lowest BCUT2D eigenvalue weighted by molar-refractivity contribution is 0.199. The first-order valence-electron chi connectivity index (χ1n) is 4.03. The Hall–Kier alpha value is -0.540. The van der Waals surface area contributed by atoms with Gasteiger partial charge in [0.05, 0.1) is 12.3 Å². The number of likely N-dealkylation sites (tertiary alicyclic amines) is 1. The average molecular weight is 156 g/mol. The van der Waals surface area contributed by atoms with Crippen molar-refractivity contribution in [2.24, 2.45) is 5.73 Å². The number of nitrogens with two attached hydrogens (primary N) is 1. The summed E-state index contributed by atoms with van der Waals surface area (Å²) in [6, 6.07) is 0.281. The summed E-state index contributed by atoms with van der Waals surface area (Å²) >= 11 is 0. The summed E-state index contributed by atoms with van der Waals surface area (Å²) in [4.78, 5) is 2.14. The quantitative estimate of drug-likeness (QED) is 0.572. The van der Waals surface area contributed by atoms with Gasteiger partial charge in [0.2, 0.25) is 0 Å². The molecule has 64 valence electrons. The summed E-state index contributed by atoms with van der Waals surface area (Å²) < 4.78 is 0. The minimum absolute atomic E-state index is 0.235. The van der Waals surface area contributed by atoms with E-state index in [1.165, 1.54) is 0 Å². The van der Waals surface area contributed by atoms with Crippen LogP contribution >= 0.6 is 0 Å². The third-order valence-electron chi connectivity index (χ3n) is 1.95. The predicted molar refractivity (Wildman–Crippen MR) is 45.4 cm³/mol. The molecule has 0 aliphatic carbocycles. The molecule has 1 rings (SSSR count). The predicted octanol–water partition coefficient (Wildman–Crippen LogP) is 0.481. The van der Waals surface area contributed by atoms with Crippen molar-refractivity contribution in [3.8, 4) is 0 Å². The molecule has 1 aliphatic rings. The van der Waals surface area contributed by atoms with Crippen LogP contribution in [-0.4, -0.2) is 35.7 Å². The molecule has 3 heteroatoms. The van der Waals surface area contributed by atoms with E-state index >= 15 is 0 Å². The first-order chi connectivity index (χ1) is 5.18. The maximum absolute atomic E-state index is 8.91.